The van der Waals surface area contributed by atoms with Gasteiger partial charge in [0.15, 0.2) is 0 Å². The second-order valence-electron chi connectivity index (χ2n) is 5.48. The van der Waals surface area contributed by atoms with Gasteiger partial charge in [-0.05, 0) is 43.4 Å². The van der Waals surface area contributed by atoms with E-state index in [1.807, 2.05) is 44.4 Å². The first-order valence-electron chi connectivity index (χ1n) is 6.99. The standard InChI is InChI=1S/C17H19N3O/c1-20(2)11-14-13-5-3-4-6-15(13)19-16(14)17(21)12-7-9-18-10-8-12/h3-10,17,19,21H,11H2,1-2H3. The van der Waals surface area contributed by atoms with Crippen LogP contribution in [0.15, 0.2) is 48.8 Å². The molecule has 1 atom stereocenters. The third-order valence-electron chi connectivity index (χ3n) is 3.62. The summed E-state index contributed by atoms with van der Waals surface area (Å²) in [6, 6.07) is 11.8. The van der Waals surface area contributed by atoms with Gasteiger partial charge in [0.2, 0.25) is 0 Å². The molecule has 1 unspecified atom stereocenters. The van der Waals surface area contributed by atoms with Gasteiger partial charge in [-0.25, -0.2) is 0 Å². The van der Waals surface area contributed by atoms with E-state index in [0.29, 0.717) is 0 Å². The number of aliphatic hydroxyl groups excluding tert-OH is 1. The summed E-state index contributed by atoms with van der Waals surface area (Å²) in [7, 11) is 4.06. The molecular formula is C17H19N3O. The van der Waals surface area contributed by atoms with Crippen molar-refractivity contribution in [1.29, 1.82) is 0 Å². The molecule has 0 aliphatic carbocycles. The van der Waals surface area contributed by atoms with Crippen molar-refractivity contribution >= 4 is 10.9 Å². The minimum Gasteiger partial charge on any atom is -0.382 e. The van der Waals surface area contributed by atoms with Crippen LogP contribution in [0.4, 0.5) is 0 Å². The Morgan fingerprint density at radius 3 is 2.57 bits per heavy atom. The number of H-pyrrole nitrogens is 1. The highest BCUT2D eigenvalue weighted by Gasteiger charge is 2.19. The first-order valence-corrected chi connectivity index (χ1v) is 6.99. The SMILES string of the molecule is CN(C)Cc1c(C(O)c2ccncc2)[nH]c2ccccc12. The molecule has 4 nitrogen and oxygen atoms in total. The first-order chi connectivity index (χ1) is 10.2. The van der Waals surface area contributed by atoms with Gasteiger partial charge in [-0.15, -0.1) is 0 Å². The highest BCUT2D eigenvalue weighted by molar-refractivity contribution is 5.84. The summed E-state index contributed by atoms with van der Waals surface area (Å²) in [5.74, 6) is 0. The molecule has 0 spiro atoms. The molecule has 0 amide bonds. The van der Waals surface area contributed by atoms with Crippen LogP contribution in [-0.2, 0) is 6.54 Å². The van der Waals surface area contributed by atoms with Crippen molar-refractivity contribution in [2.24, 2.45) is 0 Å². The Balaban J connectivity index is 2.12. The maximum absolute atomic E-state index is 10.7. The summed E-state index contributed by atoms with van der Waals surface area (Å²) in [4.78, 5) is 9.49. The van der Waals surface area contributed by atoms with Crippen LogP contribution >= 0.6 is 0 Å². The van der Waals surface area contributed by atoms with Crippen LogP contribution in [0.25, 0.3) is 10.9 Å². The van der Waals surface area contributed by atoms with Crippen LogP contribution in [-0.4, -0.2) is 34.1 Å². The smallest absolute Gasteiger partial charge is 0.119 e. The molecule has 0 bridgehead atoms. The molecule has 2 N–H and O–H groups in total. The normalized spacial score (nSPS) is 13.0. The van der Waals surface area contributed by atoms with Gasteiger partial charge in [-0.2, -0.15) is 0 Å². The van der Waals surface area contributed by atoms with E-state index in [2.05, 4.69) is 20.9 Å². The molecule has 4 heteroatoms. The Morgan fingerprint density at radius 1 is 1.14 bits per heavy atom. The maximum atomic E-state index is 10.7. The van der Waals surface area contributed by atoms with Gasteiger partial charge in [0.05, 0.1) is 5.69 Å². The Labute approximate surface area is 124 Å². The van der Waals surface area contributed by atoms with E-state index in [9.17, 15) is 5.11 Å². The summed E-state index contributed by atoms with van der Waals surface area (Å²) < 4.78 is 0. The van der Waals surface area contributed by atoms with Crippen molar-refractivity contribution in [3.8, 4) is 0 Å². The average molecular weight is 281 g/mol. The van der Waals surface area contributed by atoms with Crippen molar-refractivity contribution in [2.45, 2.75) is 12.6 Å². The molecule has 0 saturated carbocycles. The van der Waals surface area contributed by atoms with E-state index in [1.54, 1.807) is 12.4 Å². The Kier molecular flexibility index (Phi) is 3.73. The fourth-order valence-electron chi connectivity index (χ4n) is 2.65. The van der Waals surface area contributed by atoms with Gasteiger partial charge in [0.25, 0.3) is 0 Å². The summed E-state index contributed by atoms with van der Waals surface area (Å²) >= 11 is 0. The lowest BCUT2D eigenvalue weighted by atomic mass is 10.0. The molecule has 0 fully saturated rings. The number of para-hydroxylation sites is 1. The van der Waals surface area contributed by atoms with E-state index in [4.69, 9.17) is 0 Å². The number of aliphatic hydroxyl groups is 1. The third kappa shape index (κ3) is 2.68. The van der Waals surface area contributed by atoms with Gasteiger partial charge in [-0.1, -0.05) is 18.2 Å². The van der Waals surface area contributed by atoms with E-state index in [0.717, 1.165) is 34.3 Å². The lowest BCUT2D eigenvalue weighted by Gasteiger charge is -2.15. The number of rotatable bonds is 4. The molecule has 0 aliphatic rings. The zero-order valence-electron chi connectivity index (χ0n) is 12.2. The minimum absolute atomic E-state index is 0.671. The molecule has 3 rings (SSSR count). The fourth-order valence-corrected chi connectivity index (χ4v) is 2.65. The highest BCUT2D eigenvalue weighted by atomic mass is 16.3. The lowest BCUT2D eigenvalue weighted by Crippen LogP contribution is -2.13. The van der Waals surface area contributed by atoms with E-state index < -0.39 is 6.10 Å². The van der Waals surface area contributed by atoms with Crippen molar-refractivity contribution in [1.82, 2.24) is 14.9 Å². The Morgan fingerprint density at radius 2 is 1.86 bits per heavy atom. The summed E-state index contributed by atoms with van der Waals surface area (Å²) in [6.45, 7) is 0.779. The van der Waals surface area contributed by atoms with Crippen LogP contribution in [0.1, 0.15) is 22.9 Å². The molecule has 2 aromatic heterocycles. The monoisotopic (exact) mass is 281 g/mol. The van der Waals surface area contributed by atoms with Crippen molar-refractivity contribution in [3.05, 3.63) is 65.6 Å². The molecule has 0 saturated heterocycles. The van der Waals surface area contributed by atoms with Gasteiger partial charge < -0.3 is 15.0 Å². The maximum Gasteiger partial charge on any atom is 0.119 e. The summed E-state index contributed by atoms with van der Waals surface area (Å²) in [5.41, 5.74) is 3.89. The Hall–Kier alpha value is -2.17. The number of aromatic nitrogens is 2. The highest BCUT2D eigenvalue weighted by Crippen LogP contribution is 2.30. The molecule has 0 aliphatic heterocycles. The molecule has 1 aromatic carbocycles. The van der Waals surface area contributed by atoms with Crippen molar-refractivity contribution in [3.63, 3.8) is 0 Å². The second kappa shape index (κ2) is 5.68. The average Bonchev–Trinajstić information content (AvgIpc) is 2.86. The second-order valence-corrected chi connectivity index (χ2v) is 5.48. The molecule has 108 valence electrons. The van der Waals surface area contributed by atoms with Gasteiger partial charge in [0.1, 0.15) is 6.10 Å². The van der Waals surface area contributed by atoms with Gasteiger partial charge >= 0.3 is 0 Å². The predicted octanol–water partition coefficient (Wildman–Crippen LogP) is 2.71. The zero-order chi connectivity index (χ0) is 14.8. The topological polar surface area (TPSA) is 52.1 Å². The fraction of sp³-hybridized carbons (Fsp3) is 0.235. The van der Waals surface area contributed by atoms with E-state index >= 15 is 0 Å². The number of benzene rings is 1. The molecule has 3 aromatic rings. The van der Waals surface area contributed by atoms with Gasteiger partial charge in [-0.3, -0.25) is 4.98 Å². The quantitative estimate of drug-likeness (QED) is 0.773. The van der Waals surface area contributed by atoms with Crippen molar-refractivity contribution in [2.75, 3.05) is 14.1 Å². The number of nitrogens with zero attached hydrogens (tertiary/aromatic N) is 2. The summed E-state index contributed by atoms with van der Waals surface area (Å²) in [5, 5.41) is 11.9. The lowest BCUT2D eigenvalue weighted by molar-refractivity contribution is 0.213. The van der Waals surface area contributed by atoms with Crippen LogP contribution < -0.4 is 0 Å². The zero-order valence-corrected chi connectivity index (χ0v) is 12.2. The number of aromatic amines is 1. The molecule has 2 heterocycles. The first kappa shape index (κ1) is 13.8. The number of hydrogen-bond acceptors (Lipinski definition) is 3. The van der Waals surface area contributed by atoms with Crippen LogP contribution in [0.3, 0.4) is 0 Å². The molecular weight excluding hydrogens is 262 g/mol. The van der Waals surface area contributed by atoms with Crippen LogP contribution in [0.5, 0.6) is 0 Å². The summed E-state index contributed by atoms with van der Waals surface area (Å²) in [6.07, 6.45) is 2.73. The van der Waals surface area contributed by atoms with Crippen LogP contribution in [0.2, 0.25) is 0 Å². The predicted molar refractivity (Wildman–Crippen MR) is 84.0 cm³/mol. The number of pyridine rings is 1. The largest absolute Gasteiger partial charge is 0.382 e. The van der Waals surface area contributed by atoms with Crippen LogP contribution in [0, 0.1) is 0 Å². The number of hydrogen-bond donors (Lipinski definition) is 2. The number of fused-ring (bicyclic) bond motifs is 1. The number of nitrogens with one attached hydrogen (secondary N) is 1. The molecule has 0 radical (unpaired) electrons. The van der Waals surface area contributed by atoms with E-state index in [-0.39, 0.29) is 0 Å². The third-order valence-corrected chi connectivity index (χ3v) is 3.62. The van der Waals surface area contributed by atoms with Gasteiger partial charge in [0, 0.05) is 29.8 Å². The Bertz CT molecular complexity index is 734. The molecule has 21 heavy (non-hydrogen) atoms. The van der Waals surface area contributed by atoms with Crippen molar-refractivity contribution < 1.29 is 5.11 Å². The minimum atomic E-state index is -0.671. The van der Waals surface area contributed by atoms with E-state index in [1.165, 1.54) is 0 Å².